The lowest BCUT2D eigenvalue weighted by molar-refractivity contribution is -0.258. The predicted octanol–water partition coefficient (Wildman–Crippen LogP) is 5.63. The van der Waals surface area contributed by atoms with Crippen molar-refractivity contribution in [2.24, 2.45) is 10.8 Å². The van der Waals surface area contributed by atoms with Crippen molar-refractivity contribution in [3.63, 3.8) is 0 Å². The zero-order valence-electron chi connectivity index (χ0n) is 15.9. The zero-order chi connectivity index (χ0) is 18.8. The van der Waals surface area contributed by atoms with Gasteiger partial charge < -0.3 is 0 Å². The highest BCUT2D eigenvalue weighted by Crippen LogP contribution is 2.74. The smallest absolute Gasteiger partial charge is 0.157 e. The summed E-state index contributed by atoms with van der Waals surface area (Å²) in [6, 6.07) is 21.3. The van der Waals surface area contributed by atoms with E-state index in [0.29, 0.717) is 0 Å². The van der Waals surface area contributed by atoms with Gasteiger partial charge in [-0.2, -0.15) is 5.06 Å². The molecule has 0 aromatic heterocycles. The quantitative estimate of drug-likeness (QED) is 0.623. The monoisotopic (exact) mass is 383 g/mol. The van der Waals surface area contributed by atoms with Crippen molar-refractivity contribution < 1.29 is 4.84 Å². The van der Waals surface area contributed by atoms with Gasteiger partial charge in [0.1, 0.15) is 4.87 Å². The fourth-order valence-electron chi connectivity index (χ4n) is 4.81. The highest BCUT2D eigenvalue weighted by atomic mass is 32.2. The first kappa shape index (κ1) is 18.2. The molecule has 2 aliphatic rings. The van der Waals surface area contributed by atoms with Crippen molar-refractivity contribution in [2.45, 2.75) is 37.5 Å². The van der Waals surface area contributed by atoms with Crippen LogP contribution < -0.4 is 0 Å². The summed E-state index contributed by atoms with van der Waals surface area (Å²) < 4.78 is 0. The largest absolute Gasteiger partial charge is 0.278 e. The van der Waals surface area contributed by atoms with Gasteiger partial charge >= 0.3 is 0 Å². The Hall–Kier alpha value is -1.20. The predicted molar refractivity (Wildman–Crippen MR) is 113 cm³/mol. The zero-order valence-corrected chi connectivity index (χ0v) is 17.6. The van der Waals surface area contributed by atoms with E-state index in [1.807, 2.05) is 16.8 Å². The van der Waals surface area contributed by atoms with Crippen molar-refractivity contribution in [3.8, 4) is 0 Å². The molecule has 0 atom stereocenters. The fraction of sp³-hybridized carbons (Fsp3) is 0.409. The van der Waals surface area contributed by atoms with E-state index < -0.39 is 9.80 Å². The number of hydroxylamine groups is 2. The van der Waals surface area contributed by atoms with Gasteiger partial charge in [0.2, 0.25) is 0 Å². The topological polar surface area (TPSA) is 12.5 Å². The van der Waals surface area contributed by atoms with Crippen molar-refractivity contribution in [1.29, 1.82) is 0 Å². The molecule has 1 saturated heterocycles. The van der Waals surface area contributed by atoms with E-state index >= 15 is 0 Å². The third-order valence-electron chi connectivity index (χ3n) is 6.11. The molecule has 4 heteroatoms. The molecule has 1 saturated carbocycles. The van der Waals surface area contributed by atoms with Gasteiger partial charge in [-0.15, -0.1) is 0 Å². The number of thioether (sulfide) groups is 1. The lowest BCUT2D eigenvalue weighted by atomic mass is 9.52. The Kier molecular flexibility index (Phi) is 3.95. The molecule has 1 aliphatic heterocycles. The molecular formula is C22H25NOS2. The van der Waals surface area contributed by atoms with Crippen molar-refractivity contribution >= 4 is 28.8 Å². The Bertz CT molecular complexity index is 787. The normalized spacial score (nSPS) is 25.2. The average Bonchev–Trinajstić information content (AvgIpc) is 2.99. The van der Waals surface area contributed by atoms with Crippen LogP contribution in [0.1, 0.15) is 38.8 Å². The Balaban J connectivity index is 1.94. The van der Waals surface area contributed by atoms with Crippen LogP contribution >= 0.6 is 24.0 Å². The first-order valence-electron chi connectivity index (χ1n) is 8.99. The summed E-state index contributed by atoms with van der Waals surface area (Å²) >= 11 is 7.70. The minimum absolute atomic E-state index is 0.184. The van der Waals surface area contributed by atoms with Gasteiger partial charge in [-0.3, -0.25) is 4.84 Å². The molecular weight excluding hydrogens is 358 g/mol. The van der Waals surface area contributed by atoms with Crippen LogP contribution in [0.2, 0.25) is 0 Å². The van der Waals surface area contributed by atoms with Crippen LogP contribution in [-0.2, 0) is 9.71 Å². The van der Waals surface area contributed by atoms with E-state index in [4.69, 9.17) is 17.1 Å². The van der Waals surface area contributed by atoms with E-state index in [-0.39, 0.29) is 10.8 Å². The van der Waals surface area contributed by atoms with Crippen LogP contribution in [-0.4, -0.2) is 21.9 Å². The molecule has 0 N–H and O–H groups in total. The molecule has 0 amide bonds. The Morgan fingerprint density at radius 3 is 1.65 bits per heavy atom. The van der Waals surface area contributed by atoms with Crippen molar-refractivity contribution in [2.75, 3.05) is 7.05 Å². The second kappa shape index (κ2) is 5.65. The van der Waals surface area contributed by atoms with Crippen LogP contribution in [0.3, 0.4) is 0 Å². The standard InChI is InChI=1S/C22H25NOS2/c1-19(2)18(25)20(3,4)22(19)24-23(5)21(26-22,16-12-8-6-9-13-16)17-14-10-7-11-15-17/h6-15H,1-5H3. The summed E-state index contributed by atoms with van der Waals surface area (Å²) in [5.41, 5.74) is 2.08. The molecule has 0 radical (unpaired) electrons. The van der Waals surface area contributed by atoms with Crippen LogP contribution in [0.4, 0.5) is 0 Å². The molecule has 2 aromatic rings. The summed E-state index contributed by atoms with van der Waals surface area (Å²) in [5, 5.41) is 2.05. The van der Waals surface area contributed by atoms with Gasteiger partial charge in [0.25, 0.3) is 0 Å². The highest BCUT2D eigenvalue weighted by molar-refractivity contribution is 8.02. The summed E-state index contributed by atoms with van der Waals surface area (Å²) in [6.07, 6.45) is 0. The van der Waals surface area contributed by atoms with Crippen LogP contribution in [0.15, 0.2) is 60.7 Å². The molecule has 26 heavy (non-hydrogen) atoms. The van der Waals surface area contributed by atoms with Crippen molar-refractivity contribution in [1.82, 2.24) is 5.06 Å². The second-order valence-corrected chi connectivity index (χ2v) is 10.0. The average molecular weight is 384 g/mol. The summed E-state index contributed by atoms with van der Waals surface area (Å²) in [5.74, 6) is 0. The van der Waals surface area contributed by atoms with E-state index in [1.54, 1.807) is 0 Å². The van der Waals surface area contributed by atoms with E-state index in [0.717, 1.165) is 4.86 Å². The Morgan fingerprint density at radius 2 is 1.23 bits per heavy atom. The Labute approximate surface area is 165 Å². The highest BCUT2D eigenvalue weighted by Gasteiger charge is 2.77. The molecule has 1 heterocycles. The molecule has 1 aliphatic carbocycles. The first-order chi connectivity index (χ1) is 12.2. The molecule has 2 fully saturated rings. The molecule has 1 spiro atoms. The molecule has 4 rings (SSSR count). The van der Waals surface area contributed by atoms with Gasteiger partial charge in [0.15, 0.2) is 4.93 Å². The second-order valence-electron chi connectivity index (χ2n) is 8.26. The van der Waals surface area contributed by atoms with Gasteiger partial charge in [-0.25, -0.2) is 0 Å². The van der Waals surface area contributed by atoms with Gasteiger partial charge in [-0.1, -0.05) is 112 Å². The number of hydrogen-bond acceptors (Lipinski definition) is 4. The van der Waals surface area contributed by atoms with E-state index in [2.05, 4.69) is 95.4 Å². The first-order valence-corrected chi connectivity index (χ1v) is 10.2. The minimum atomic E-state index is -0.410. The molecule has 2 aromatic carbocycles. The van der Waals surface area contributed by atoms with E-state index in [1.165, 1.54) is 11.1 Å². The third-order valence-corrected chi connectivity index (χ3v) is 9.54. The number of hydrogen-bond donors (Lipinski definition) is 0. The van der Waals surface area contributed by atoms with Crippen LogP contribution in [0, 0.1) is 10.8 Å². The summed E-state index contributed by atoms with van der Waals surface area (Å²) in [6.45, 7) is 8.86. The molecule has 0 unspecified atom stereocenters. The van der Waals surface area contributed by atoms with E-state index in [9.17, 15) is 0 Å². The summed E-state index contributed by atoms with van der Waals surface area (Å²) in [7, 11) is 2.05. The maximum Gasteiger partial charge on any atom is 0.157 e. The van der Waals surface area contributed by atoms with Gasteiger partial charge in [0, 0.05) is 22.7 Å². The number of rotatable bonds is 2. The lowest BCUT2D eigenvalue weighted by Crippen LogP contribution is -2.72. The molecule has 0 bridgehead atoms. The SMILES string of the molecule is CN1OC2(SC1(c1ccccc1)c1ccccc1)C(C)(C)C(=S)C2(C)C. The van der Waals surface area contributed by atoms with Gasteiger partial charge in [0.05, 0.1) is 0 Å². The minimum Gasteiger partial charge on any atom is -0.278 e. The number of thiocarbonyl (C=S) groups is 1. The van der Waals surface area contributed by atoms with Crippen LogP contribution in [0.25, 0.3) is 0 Å². The van der Waals surface area contributed by atoms with Crippen molar-refractivity contribution in [3.05, 3.63) is 71.8 Å². The molecule has 2 nitrogen and oxygen atoms in total. The number of benzene rings is 2. The lowest BCUT2D eigenvalue weighted by Gasteiger charge is -2.63. The summed E-state index contributed by atoms with van der Waals surface area (Å²) in [4.78, 5) is 6.99. The maximum absolute atomic E-state index is 6.72. The Morgan fingerprint density at radius 1 is 0.808 bits per heavy atom. The van der Waals surface area contributed by atoms with Crippen LogP contribution in [0.5, 0.6) is 0 Å². The number of nitrogens with zero attached hydrogens (tertiary/aromatic N) is 1. The third kappa shape index (κ3) is 1.99. The maximum atomic E-state index is 6.72. The van der Waals surface area contributed by atoms with Gasteiger partial charge in [-0.05, 0) is 11.1 Å². The fourth-order valence-corrected chi connectivity index (χ4v) is 7.18. The molecule has 136 valence electrons.